The number of piperazine rings is 1. The first-order valence-electron chi connectivity index (χ1n) is 9.93. The summed E-state index contributed by atoms with van der Waals surface area (Å²) >= 11 is 0. The lowest BCUT2D eigenvalue weighted by molar-refractivity contribution is -0.135. The summed E-state index contributed by atoms with van der Waals surface area (Å²) in [7, 11) is 0. The highest BCUT2D eigenvalue weighted by Crippen LogP contribution is 2.25. The Morgan fingerprint density at radius 2 is 1.85 bits per heavy atom. The van der Waals surface area contributed by atoms with Crippen LogP contribution in [0.3, 0.4) is 0 Å². The minimum atomic E-state index is -0.209. The van der Waals surface area contributed by atoms with Crippen molar-refractivity contribution in [3.8, 4) is 0 Å². The van der Waals surface area contributed by atoms with E-state index in [1.807, 2.05) is 12.1 Å². The van der Waals surface area contributed by atoms with Crippen LogP contribution in [0.1, 0.15) is 24.8 Å². The van der Waals surface area contributed by atoms with Crippen molar-refractivity contribution in [2.24, 2.45) is 0 Å². The zero-order chi connectivity index (χ0) is 17.9. The molecular weight excluding hydrogens is 331 g/mol. The van der Waals surface area contributed by atoms with Gasteiger partial charge in [0.2, 0.25) is 5.91 Å². The molecule has 3 aliphatic rings. The van der Waals surface area contributed by atoms with Crippen LogP contribution in [-0.4, -0.2) is 78.5 Å². The molecule has 0 aliphatic carbocycles. The number of carbonyl (C=O) groups excluding carboxylic acids is 1. The second kappa shape index (κ2) is 8.03. The van der Waals surface area contributed by atoms with Gasteiger partial charge in [0, 0.05) is 51.9 Å². The van der Waals surface area contributed by atoms with Gasteiger partial charge in [-0.25, -0.2) is 4.39 Å². The molecule has 3 heterocycles. The van der Waals surface area contributed by atoms with E-state index in [2.05, 4.69) is 20.0 Å². The lowest BCUT2D eigenvalue weighted by Gasteiger charge is -2.33. The molecule has 0 aromatic heterocycles. The molecule has 3 saturated heterocycles. The van der Waals surface area contributed by atoms with Gasteiger partial charge >= 0.3 is 0 Å². The molecule has 5 nitrogen and oxygen atoms in total. The SMILES string of the molecule is O=C(C1CCCN1Cc1ccc(F)cc1)N1CCC(N2CCNCC2)C1. The summed E-state index contributed by atoms with van der Waals surface area (Å²) in [5, 5.41) is 3.40. The summed E-state index contributed by atoms with van der Waals surface area (Å²) in [5.74, 6) is 0.0843. The Balaban J connectivity index is 1.35. The third-order valence-corrected chi connectivity index (χ3v) is 6.09. The van der Waals surface area contributed by atoms with E-state index >= 15 is 0 Å². The van der Waals surface area contributed by atoms with Crippen molar-refractivity contribution in [2.75, 3.05) is 45.8 Å². The van der Waals surface area contributed by atoms with Gasteiger partial charge in [-0.05, 0) is 43.5 Å². The fourth-order valence-corrected chi connectivity index (χ4v) is 4.62. The third kappa shape index (κ3) is 3.92. The van der Waals surface area contributed by atoms with E-state index in [1.54, 1.807) is 0 Å². The summed E-state index contributed by atoms with van der Waals surface area (Å²) in [4.78, 5) is 20.0. The number of hydrogen-bond acceptors (Lipinski definition) is 4. The van der Waals surface area contributed by atoms with Crippen molar-refractivity contribution in [1.29, 1.82) is 0 Å². The Morgan fingerprint density at radius 1 is 1.08 bits per heavy atom. The number of nitrogens with zero attached hydrogens (tertiary/aromatic N) is 3. The number of amides is 1. The average molecular weight is 360 g/mol. The molecule has 0 radical (unpaired) electrons. The van der Waals surface area contributed by atoms with Crippen LogP contribution in [0.15, 0.2) is 24.3 Å². The van der Waals surface area contributed by atoms with E-state index in [-0.39, 0.29) is 11.9 Å². The highest BCUT2D eigenvalue weighted by Gasteiger charge is 2.37. The Morgan fingerprint density at radius 3 is 2.62 bits per heavy atom. The van der Waals surface area contributed by atoms with Gasteiger partial charge in [-0.15, -0.1) is 0 Å². The maximum atomic E-state index is 13.1. The first-order valence-corrected chi connectivity index (χ1v) is 9.93. The lowest BCUT2D eigenvalue weighted by Crippen LogP contribution is -2.50. The Kier molecular flexibility index (Phi) is 5.52. The normalized spacial score (nSPS) is 28.0. The van der Waals surface area contributed by atoms with E-state index in [0.717, 1.165) is 77.2 Å². The molecule has 0 saturated carbocycles. The predicted octanol–water partition coefficient (Wildman–Crippen LogP) is 1.30. The van der Waals surface area contributed by atoms with Crippen LogP contribution in [0.4, 0.5) is 4.39 Å². The van der Waals surface area contributed by atoms with Crippen LogP contribution in [0.25, 0.3) is 0 Å². The quantitative estimate of drug-likeness (QED) is 0.878. The van der Waals surface area contributed by atoms with Gasteiger partial charge in [0.15, 0.2) is 0 Å². The third-order valence-electron chi connectivity index (χ3n) is 6.09. The molecule has 1 aromatic carbocycles. The van der Waals surface area contributed by atoms with Crippen LogP contribution in [-0.2, 0) is 11.3 Å². The summed E-state index contributed by atoms with van der Waals surface area (Å²) in [6.45, 7) is 7.72. The molecule has 1 N–H and O–H groups in total. The number of rotatable bonds is 4. The van der Waals surface area contributed by atoms with E-state index in [1.165, 1.54) is 12.1 Å². The molecule has 1 aromatic rings. The van der Waals surface area contributed by atoms with Gasteiger partial charge in [0.25, 0.3) is 0 Å². The molecule has 2 unspecified atom stereocenters. The molecule has 142 valence electrons. The van der Waals surface area contributed by atoms with Crippen LogP contribution in [0.2, 0.25) is 0 Å². The highest BCUT2D eigenvalue weighted by molar-refractivity contribution is 5.82. The summed E-state index contributed by atoms with van der Waals surface area (Å²) in [5.41, 5.74) is 1.08. The minimum absolute atomic E-state index is 0.0122. The summed E-state index contributed by atoms with van der Waals surface area (Å²) in [6.07, 6.45) is 3.10. The van der Waals surface area contributed by atoms with Gasteiger partial charge in [-0.3, -0.25) is 14.6 Å². The van der Waals surface area contributed by atoms with Crippen LogP contribution in [0, 0.1) is 5.82 Å². The van der Waals surface area contributed by atoms with E-state index in [9.17, 15) is 9.18 Å². The molecule has 1 amide bonds. The first kappa shape index (κ1) is 17.9. The van der Waals surface area contributed by atoms with Gasteiger partial charge in [-0.1, -0.05) is 12.1 Å². The Hall–Kier alpha value is -1.50. The highest BCUT2D eigenvalue weighted by atomic mass is 19.1. The van der Waals surface area contributed by atoms with E-state index < -0.39 is 0 Å². The van der Waals surface area contributed by atoms with Crippen molar-refractivity contribution in [1.82, 2.24) is 20.0 Å². The van der Waals surface area contributed by atoms with E-state index in [4.69, 9.17) is 0 Å². The molecule has 3 aliphatic heterocycles. The van der Waals surface area contributed by atoms with Gasteiger partial charge in [0.1, 0.15) is 5.82 Å². The average Bonchev–Trinajstić information content (AvgIpc) is 3.34. The number of nitrogens with one attached hydrogen (secondary N) is 1. The molecule has 26 heavy (non-hydrogen) atoms. The molecule has 2 atom stereocenters. The van der Waals surface area contributed by atoms with Crippen molar-refractivity contribution in [3.05, 3.63) is 35.6 Å². The molecular formula is C20H29FN4O. The fraction of sp³-hybridized carbons (Fsp3) is 0.650. The second-order valence-electron chi connectivity index (χ2n) is 7.77. The molecule has 0 spiro atoms. The minimum Gasteiger partial charge on any atom is -0.340 e. The van der Waals surface area contributed by atoms with Gasteiger partial charge in [0.05, 0.1) is 6.04 Å². The fourth-order valence-electron chi connectivity index (χ4n) is 4.62. The zero-order valence-corrected chi connectivity index (χ0v) is 15.4. The van der Waals surface area contributed by atoms with Gasteiger partial charge < -0.3 is 10.2 Å². The number of likely N-dealkylation sites (tertiary alicyclic amines) is 2. The zero-order valence-electron chi connectivity index (χ0n) is 15.4. The standard InChI is InChI=1S/C20H29FN4O/c21-17-5-3-16(4-6-17)14-24-10-1-2-19(24)20(26)25-11-7-18(15-25)23-12-8-22-9-13-23/h3-6,18-19,22H,1-2,7-15H2. The molecule has 4 rings (SSSR count). The monoisotopic (exact) mass is 360 g/mol. The summed E-state index contributed by atoms with van der Waals surface area (Å²) < 4.78 is 13.1. The van der Waals surface area contributed by atoms with Crippen molar-refractivity contribution in [2.45, 2.75) is 37.9 Å². The molecule has 3 fully saturated rings. The van der Waals surface area contributed by atoms with Gasteiger partial charge in [-0.2, -0.15) is 0 Å². The number of hydrogen-bond donors (Lipinski definition) is 1. The summed E-state index contributed by atoms with van der Waals surface area (Å²) in [6, 6.07) is 7.16. The van der Waals surface area contributed by atoms with Crippen molar-refractivity contribution >= 4 is 5.91 Å². The van der Waals surface area contributed by atoms with Crippen molar-refractivity contribution in [3.63, 3.8) is 0 Å². The van der Waals surface area contributed by atoms with Crippen LogP contribution in [0.5, 0.6) is 0 Å². The lowest BCUT2D eigenvalue weighted by atomic mass is 10.1. The smallest absolute Gasteiger partial charge is 0.239 e. The number of carbonyl (C=O) groups is 1. The largest absolute Gasteiger partial charge is 0.340 e. The number of benzene rings is 1. The Labute approximate surface area is 155 Å². The topological polar surface area (TPSA) is 38.8 Å². The van der Waals surface area contributed by atoms with E-state index in [0.29, 0.717) is 11.9 Å². The second-order valence-corrected chi connectivity index (χ2v) is 7.77. The maximum absolute atomic E-state index is 13.1. The molecule has 0 bridgehead atoms. The van der Waals surface area contributed by atoms with Crippen LogP contribution < -0.4 is 5.32 Å². The predicted molar refractivity (Wildman–Crippen MR) is 99.3 cm³/mol. The maximum Gasteiger partial charge on any atom is 0.239 e. The van der Waals surface area contributed by atoms with Crippen LogP contribution >= 0.6 is 0 Å². The number of halogens is 1. The Bertz CT molecular complexity index is 617. The molecule has 6 heteroatoms. The van der Waals surface area contributed by atoms with Crippen molar-refractivity contribution < 1.29 is 9.18 Å². The first-order chi connectivity index (χ1) is 12.7.